The standard InChI is InChI=1S/C13H9NOS/c1-9(15)11-6-7-16-13(11)12-5-3-2-4-10(12)8-14/h2-7H,1H3. The van der Waals surface area contributed by atoms with Crippen molar-refractivity contribution in [1.29, 1.82) is 5.26 Å². The third-order valence-electron chi connectivity index (χ3n) is 2.34. The number of rotatable bonds is 2. The molecule has 0 spiro atoms. The molecule has 16 heavy (non-hydrogen) atoms. The van der Waals surface area contributed by atoms with Gasteiger partial charge in [0.25, 0.3) is 0 Å². The Morgan fingerprint density at radius 3 is 2.75 bits per heavy atom. The first-order valence-electron chi connectivity index (χ1n) is 4.82. The zero-order valence-corrected chi connectivity index (χ0v) is 9.54. The minimum atomic E-state index is 0.0315. The van der Waals surface area contributed by atoms with Crippen LogP contribution in [0.25, 0.3) is 10.4 Å². The molecule has 0 unspecified atom stereocenters. The van der Waals surface area contributed by atoms with E-state index in [9.17, 15) is 4.79 Å². The SMILES string of the molecule is CC(=O)c1ccsc1-c1ccccc1C#N. The normalized spacial score (nSPS) is 9.75. The Bertz CT molecular complexity index is 578. The van der Waals surface area contributed by atoms with Gasteiger partial charge in [0.15, 0.2) is 5.78 Å². The molecule has 0 aliphatic rings. The van der Waals surface area contributed by atoms with Crippen LogP contribution in [0.1, 0.15) is 22.8 Å². The fourth-order valence-electron chi connectivity index (χ4n) is 1.57. The summed E-state index contributed by atoms with van der Waals surface area (Å²) in [6.07, 6.45) is 0. The van der Waals surface area contributed by atoms with Gasteiger partial charge >= 0.3 is 0 Å². The lowest BCUT2D eigenvalue weighted by Gasteiger charge is -2.02. The lowest BCUT2D eigenvalue weighted by Crippen LogP contribution is -1.92. The smallest absolute Gasteiger partial charge is 0.161 e. The van der Waals surface area contributed by atoms with E-state index in [0.29, 0.717) is 11.1 Å². The van der Waals surface area contributed by atoms with Gasteiger partial charge < -0.3 is 0 Å². The summed E-state index contributed by atoms with van der Waals surface area (Å²) < 4.78 is 0. The van der Waals surface area contributed by atoms with Crippen molar-refractivity contribution in [3.8, 4) is 16.5 Å². The van der Waals surface area contributed by atoms with Crippen LogP contribution in [-0.2, 0) is 0 Å². The minimum absolute atomic E-state index is 0.0315. The third-order valence-corrected chi connectivity index (χ3v) is 3.28. The van der Waals surface area contributed by atoms with Crippen LogP contribution in [0.15, 0.2) is 35.7 Å². The second-order valence-corrected chi connectivity index (χ2v) is 4.29. The second-order valence-electron chi connectivity index (χ2n) is 3.38. The lowest BCUT2D eigenvalue weighted by atomic mass is 10.0. The number of ketones is 1. The summed E-state index contributed by atoms with van der Waals surface area (Å²) in [4.78, 5) is 12.3. The Labute approximate surface area is 97.8 Å². The van der Waals surface area contributed by atoms with Gasteiger partial charge in [0.05, 0.1) is 11.6 Å². The number of nitriles is 1. The quantitative estimate of drug-likeness (QED) is 0.737. The molecule has 1 aromatic carbocycles. The van der Waals surface area contributed by atoms with Crippen LogP contribution in [0, 0.1) is 11.3 Å². The summed E-state index contributed by atoms with van der Waals surface area (Å²) in [7, 11) is 0. The van der Waals surface area contributed by atoms with Crippen molar-refractivity contribution in [3.63, 3.8) is 0 Å². The van der Waals surface area contributed by atoms with Crippen LogP contribution in [0.5, 0.6) is 0 Å². The highest BCUT2D eigenvalue weighted by Gasteiger charge is 2.13. The predicted molar refractivity (Wildman–Crippen MR) is 64.5 cm³/mol. The summed E-state index contributed by atoms with van der Waals surface area (Å²) in [5, 5.41) is 10.9. The van der Waals surface area contributed by atoms with Crippen molar-refractivity contribution in [3.05, 3.63) is 46.8 Å². The maximum absolute atomic E-state index is 11.4. The largest absolute Gasteiger partial charge is 0.294 e. The van der Waals surface area contributed by atoms with Crippen molar-refractivity contribution < 1.29 is 4.79 Å². The Balaban J connectivity index is 2.64. The second kappa shape index (κ2) is 4.30. The first kappa shape index (κ1) is 10.6. The van der Waals surface area contributed by atoms with E-state index in [4.69, 9.17) is 5.26 Å². The number of thiophene rings is 1. The Morgan fingerprint density at radius 1 is 1.31 bits per heavy atom. The van der Waals surface area contributed by atoms with Gasteiger partial charge in [-0.05, 0) is 24.4 Å². The molecule has 0 radical (unpaired) electrons. The van der Waals surface area contributed by atoms with Crippen LogP contribution < -0.4 is 0 Å². The number of hydrogen-bond donors (Lipinski definition) is 0. The van der Waals surface area contributed by atoms with Gasteiger partial charge in [0.2, 0.25) is 0 Å². The van der Waals surface area contributed by atoms with Gasteiger partial charge in [-0.1, -0.05) is 18.2 Å². The molecule has 2 rings (SSSR count). The highest BCUT2D eigenvalue weighted by Crippen LogP contribution is 2.32. The molecule has 78 valence electrons. The van der Waals surface area contributed by atoms with Gasteiger partial charge in [-0.15, -0.1) is 11.3 Å². The molecule has 0 amide bonds. The monoisotopic (exact) mass is 227 g/mol. The van der Waals surface area contributed by atoms with Crippen LogP contribution in [0.4, 0.5) is 0 Å². The van der Waals surface area contributed by atoms with Crippen LogP contribution in [0.3, 0.4) is 0 Å². The molecule has 0 saturated carbocycles. The Morgan fingerprint density at radius 2 is 2.06 bits per heavy atom. The zero-order chi connectivity index (χ0) is 11.5. The summed E-state index contributed by atoms with van der Waals surface area (Å²) >= 11 is 1.49. The highest BCUT2D eigenvalue weighted by atomic mass is 32.1. The molecule has 2 nitrogen and oxygen atoms in total. The van der Waals surface area contributed by atoms with E-state index in [1.54, 1.807) is 19.1 Å². The first-order chi connectivity index (χ1) is 7.74. The molecule has 0 aliphatic heterocycles. The maximum Gasteiger partial charge on any atom is 0.161 e. The highest BCUT2D eigenvalue weighted by molar-refractivity contribution is 7.14. The Kier molecular flexibility index (Phi) is 2.84. The summed E-state index contributed by atoms with van der Waals surface area (Å²) in [6, 6.07) is 11.3. The average Bonchev–Trinajstić information content (AvgIpc) is 2.77. The third kappa shape index (κ3) is 1.75. The summed E-state index contributed by atoms with van der Waals surface area (Å²) in [5.41, 5.74) is 2.13. The van der Waals surface area contributed by atoms with E-state index in [1.165, 1.54) is 11.3 Å². The molecule has 0 N–H and O–H groups in total. The summed E-state index contributed by atoms with van der Waals surface area (Å²) in [6.45, 7) is 1.54. The fourth-order valence-corrected chi connectivity index (χ4v) is 2.56. The van der Waals surface area contributed by atoms with Crippen LogP contribution in [0.2, 0.25) is 0 Å². The molecular formula is C13H9NOS. The predicted octanol–water partition coefficient (Wildman–Crippen LogP) is 3.49. The van der Waals surface area contributed by atoms with Crippen LogP contribution in [-0.4, -0.2) is 5.78 Å². The van der Waals surface area contributed by atoms with E-state index in [-0.39, 0.29) is 5.78 Å². The van der Waals surface area contributed by atoms with Crippen molar-refractivity contribution >= 4 is 17.1 Å². The van der Waals surface area contributed by atoms with E-state index in [2.05, 4.69) is 6.07 Å². The molecule has 0 aliphatic carbocycles. The topological polar surface area (TPSA) is 40.9 Å². The van der Waals surface area contributed by atoms with E-state index in [0.717, 1.165) is 10.4 Å². The number of nitrogens with zero attached hydrogens (tertiary/aromatic N) is 1. The van der Waals surface area contributed by atoms with Gasteiger partial charge in [0.1, 0.15) is 0 Å². The van der Waals surface area contributed by atoms with Crippen LogP contribution >= 0.6 is 11.3 Å². The molecule has 1 heterocycles. The molecule has 0 fully saturated rings. The molecular weight excluding hydrogens is 218 g/mol. The van der Waals surface area contributed by atoms with Gasteiger partial charge in [-0.3, -0.25) is 4.79 Å². The first-order valence-corrected chi connectivity index (χ1v) is 5.70. The maximum atomic E-state index is 11.4. The number of benzene rings is 1. The molecule has 0 bridgehead atoms. The number of carbonyl (C=O) groups excluding carboxylic acids is 1. The molecule has 0 saturated heterocycles. The molecule has 2 aromatic rings. The van der Waals surface area contributed by atoms with Gasteiger partial charge in [-0.25, -0.2) is 0 Å². The van der Waals surface area contributed by atoms with Crippen molar-refractivity contribution in [1.82, 2.24) is 0 Å². The lowest BCUT2D eigenvalue weighted by molar-refractivity contribution is 0.101. The number of carbonyl (C=O) groups is 1. The molecule has 3 heteroatoms. The van der Waals surface area contributed by atoms with Crippen molar-refractivity contribution in [2.75, 3.05) is 0 Å². The van der Waals surface area contributed by atoms with Crippen molar-refractivity contribution in [2.45, 2.75) is 6.92 Å². The van der Waals surface area contributed by atoms with E-state index < -0.39 is 0 Å². The fraction of sp³-hybridized carbons (Fsp3) is 0.0769. The Hall–Kier alpha value is -1.92. The molecule has 0 atom stereocenters. The van der Waals surface area contributed by atoms with Gasteiger partial charge in [-0.2, -0.15) is 5.26 Å². The summed E-state index contributed by atoms with van der Waals surface area (Å²) in [5.74, 6) is 0.0315. The zero-order valence-electron chi connectivity index (χ0n) is 8.73. The molecule has 1 aromatic heterocycles. The van der Waals surface area contributed by atoms with Gasteiger partial charge in [0, 0.05) is 16.0 Å². The van der Waals surface area contributed by atoms with Crippen molar-refractivity contribution in [2.24, 2.45) is 0 Å². The van der Waals surface area contributed by atoms with E-state index in [1.807, 2.05) is 23.6 Å². The number of Topliss-reactive ketones (excluding diaryl/α,β-unsaturated/α-hetero) is 1. The van der Waals surface area contributed by atoms with E-state index >= 15 is 0 Å². The number of hydrogen-bond acceptors (Lipinski definition) is 3. The average molecular weight is 227 g/mol. The minimum Gasteiger partial charge on any atom is -0.294 e.